The smallest absolute Gasteiger partial charge is 0.308 e. The van der Waals surface area contributed by atoms with E-state index in [-0.39, 0.29) is 18.0 Å². The SMILES string of the molecule is CC1(C)C(=O)NC(=O)N1Cc1nc2ccccc2c(=O)[nH]1. The second kappa shape index (κ2) is 4.41. The lowest BCUT2D eigenvalue weighted by Gasteiger charge is -2.27. The summed E-state index contributed by atoms with van der Waals surface area (Å²) >= 11 is 0. The van der Waals surface area contributed by atoms with Crippen LogP contribution in [0.4, 0.5) is 4.79 Å². The molecule has 0 unspecified atom stereocenters. The van der Waals surface area contributed by atoms with Crippen molar-refractivity contribution in [3.8, 4) is 0 Å². The Balaban J connectivity index is 2.01. The van der Waals surface area contributed by atoms with Gasteiger partial charge in [-0.25, -0.2) is 9.78 Å². The molecular weight excluding hydrogens is 272 g/mol. The zero-order valence-electron chi connectivity index (χ0n) is 11.6. The van der Waals surface area contributed by atoms with Gasteiger partial charge in [-0.1, -0.05) is 12.1 Å². The van der Waals surface area contributed by atoms with Crippen molar-refractivity contribution in [3.63, 3.8) is 0 Å². The number of hydrogen-bond donors (Lipinski definition) is 2. The third-order valence-electron chi connectivity index (χ3n) is 3.67. The molecule has 0 spiro atoms. The van der Waals surface area contributed by atoms with Crippen LogP contribution in [0.3, 0.4) is 0 Å². The molecule has 1 aliphatic heterocycles. The standard InChI is InChI=1S/C14H14N4O3/c1-14(2)12(20)17-13(21)18(14)7-10-15-9-6-4-3-5-8(9)11(19)16-10/h3-6H,7H2,1-2H3,(H,15,16,19)(H,17,20,21). The van der Waals surface area contributed by atoms with Crippen LogP contribution in [-0.2, 0) is 11.3 Å². The number of nitrogens with one attached hydrogen (secondary N) is 2. The molecule has 2 aromatic rings. The number of aromatic nitrogens is 2. The monoisotopic (exact) mass is 286 g/mol. The normalized spacial score (nSPS) is 17.3. The van der Waals surface area contributed by atoms with Crippen molar-refractivity contribution in [2.45, 2.75) is 25.9 Å². The van der Waals surface area contributed by atoms with Gasteiger partial charge >= 0.3 is 6.03 Å². The van der Waals surface area contributed by atoms with Gasteiger partial charge < -0.3 is 9.88 Å². The van der Waals surface area contributed by atoms with Crippen LogP contribution >= 0.6 is 0 Å². The number of fused-ring (bicyclic) bond motifs is 1. The van der Waals surface area contributed by atoms with E-state index in [2.05, 4.69) is 15.3 Å². The molecule has 1 aromatic carbocycles. The summed E-state index contributed by atoms with van der Waals surface area (Å²) in [6.07, 6.45) is 0. The van der Waals surface area contributed by atoms with Gasteiger partial charge in [-0.15, -0.1) is 0 Å². The zero-order chi connectivity index (χ0) is 15.2. The third kappa shape index (κ3) is 2.06. The number of imide groups is 1. The van der Waals surface area contributed by atoms with Gasteiger partial charge in [-0.3, -0.25) is 14.9 Å². The number of carbonyl (C=O) groups is 2. The molecule has 3 amide bonds. The van der Waals surface area contributed by atoms with Crippen molar-refractivity contribution in [1.82, 2.24) is 20.2 Å². The summed E-state index contributed by atoms with van der Waals surface area (Å²) in [4.78, 5) is 43.9. The molecule has 1 saturated heterocycles. The molecule has 108 valence electrons. The van der Waals surface area contributed by atoms with Gasteiger partial charge in [0.05, 0.1) is 17.4 Å². The number of rotatable bonds is 2. The average Bonchev–Trinajstić information content (AvgIpc) is 2.62. The Kier molecular flexibility index (Phi) is 2.79. The van der Waals surface area contributed by atoms with E-state index in [1.807, 2.05) is 0 Å². The molecular formula is C14H14N4O3. The minimum atomic E-state index is -0.971. The van der Waals surface area contributed by atoms with E-state index in [4.69, 9.17) is 0 Å². The number of aromatic amines is 1. The maximum absolute atomic E-state index is 12.0. The highest BCUT2D eigenvalue weighted by Gasteiger charge is 2.45. The van der Waals surface area contributed by atoms with E-state index in [0.29, 0.717) is 16.7 Å². The van der Waals surface area contributed by atoms with Crippen LogP contribution in [0.25, 0.3) is 10.9 Å². The van der Waals surface area contributed by atoms with Crippen molar-refractivity contribution < 1.29 is 9.59 Å². The summed E-state index contributed by atoms with van der Waals surface area (Å²) in [6, 6.07) is 6.47. The Hall–Kier alpha value is -2.70. The molecule has 0 radical (unpaired) electrons. The van der Waals surface area contributed by atoms with Crippen LogP contribution in [-0.4, -0.2) is 32.3 Å². The van der Waals surface area contributed by atoms with Crippen molar-refractivity contribution in [2.75, 3.05) is 0 Å². The molecule has 0 bridgehead atoms. The molecule has 0 aliphatic carbocycles. The summed E-state index contributed by atoms with van der Waals surface area (Å²) in [5.41, 5.74) is -0.680. The highest BCUT2D eigenvalue weighted by molar-refractivity contribution is 6.06. The Labute approximate surface area is 120 Å². The van der Waals surface area contributed by atoms with Gasteiger partial charge in [0.1, 0.15) is 11.4 Å². The van der Waals surface area contributed by atoms with Gasteiger partial charge in [0.25, 0.3) is 11.5 Å². The summed E-state index contributed by atoms with van der Waals surface area (Å²) in [6.45, 7) is 3.35. The Morgan fingerprint density at radius 2 is 1.90 bits per heavy atom. The number of H-pyrrole nitrogens is 1. The number of para-hydroxylation sites is 1. The maximum Gasteiger partial charge on any atom is 0.325 e. The van der Waals surface area contributed by atoms with E-state index < -0.39 is 11.6 Å². The van der Waals surface area contributed by atoms with Crippen LogP contribution in [0.2, 0.25) is 0 Å². The lowest BCUT2D eigenvalue weighted by molar-refractivity contribution is -0.125. The lowest BCUT2D eigenvalue weighted by Crippen LogP contribution is -2.44. The quantitative estimate of drug-likeness (QED) is 0.796. The largest absolute Gasteiger partial charge is 0.325 e. The summed E-state index contributed by atoms with van der Waals surface area (Å²) in [7, 11) is 0. The number of nitrogens with zero attached hydrogens (tertiary/aromatic N) is 2. The lowest BCUT2D eigenvalue weighted by atomic mass is 10.0. The molecule has 1 aromatic heterocycles. The highest BCUT2D eigenvalue weighted by Crippen LogP contribution is 2.22. The number of amides is 3. The van der Waals surface area contributed by atoms with Gasteiger partial charge in [0.15, 0.2) is 0 Å². The maximum atomic E-state index is 12.0. The fourth-order valence-corrected chi connectivity index (χ4v) is 2.32. The first-order chi connectivity index (χ1) is 9.89. The first kappa shape index (κ1) is 13.3. The molecule has 3 rings (SSSR count). The van der Waals surface area contributed by atoms with E-state index in [1.54, 1.807) is 38.1 Å². The van der Waals surface area contributed by atoms with Gasteiger partial charge in [0, 0.05) is 0 Å². The van der Waals surface area contributed by atoms with E-state index in [1.165, 1.54) is 4.90 Å². The molecule has 21 heavy (non-hydrogen) atoms. The average molecular weight is 286 g/mol. The molecule has 0 atom stereocenters. The van der Waals surface area contributed by atoms with Crippen LogP contribution < -0.4 is 10.9 Å². The molecule has 1 fully saturated rings. The van der Waals surface area contributed by atoms with Crippen molar-refractivity contribution in [3.05, 3.63) is 40.4 Å². The van der Waals surface area contributed by atoms with Crippen LogP contribution in [0.5, 0.6) is 0 Å². The molecule has 2 heterocycles. The van der Waals surface area contributed by atoms with Gasteiger partial charge in [0.2, 0.25) is 0 Å². The first-order valence-electron chi connectivity index (χ1n) is 6.50. The highest BCUT2D eigenvalue weighted by atomic mass is 16.2. The Morgan fingerprint density at radius 3 is 2.57 bits per heavy atom. The molecule has 0 saturated carbocycles. The van der Waals surface area contributed by atoms with Crippen molar-refractivity contribution in [2.24, 2.45) is 0 Å². The third-order valence-corrected chi connectivity index (χ3v) is 3.67. The molecule has 2 N–H and O–H groups in total. The van der Waals surface area contributed by atoms with E-state index in [9.17, 15) is 14.4 Å². The minimum absolute atomic E-state index is 0.0602. The molecule has 7 nitrogen and oxygen atoms in total. The number of hydrogen-bond acceptors (Lipinski definition) is 4. The Morgan fingerprint density at radius 1 is 1.19 bits per heavy atom. The number of urea groups is 1. The number of benzene rings is 1. The van der Waals surface area contributed by atoms with Crippen LogP contribution in [0, 0.1) is 0 Å². The fourth-order valence-electron chi connectivity index (χ4n) is 2.32. The predicted octanol–water partition coefficient (Wildman–Crippen LogP) is 0.754. The second-order valence-corrected chi connectivity index (χ2v) is 5.43. The van der Waals surface area contributed by atoms with Crippen LogP contribution in [0.15, 0.2) is 29.1 Å². The van der Waals surface area contributed by atoms with Crippen LogP contribution in [0.1, 0.15) is 19.7 Å². The topological polar surface area (TPSA) is 95.2 Å². The van der Waals surface area contributed by atoms with Gasteiger partial charge in [-0.2, -0.15) is 0 Å². The zero-order valence-corrected chi connectivity index (χ0v) is 11.6. The predicted molar refractivity (Wildman–Crippen MR) is 75.5 cm³/mol. The Bertz CT molecular complexity index is 809. The fraction of sp³-hybridized carbons (Fsp3) is 0.286. The summed E-state index contributed by atoms with van der Waals surface area (Å²) in [5, 5.41) is 2.75. The van der Waals surface area contributed by atoms with E-state index in [0.717, 1.165) is 0 Å². The van der Waals surface area contributed by atoms with Crippen molar-refractivity contribution in [1.29, 1.82) is 0 Å². The minimum Gasteiger partial charge on any atom is -0.308 e. The summed E-state index contributed by atoms with van der Waals surface area (Å²) < 4.78 is 0. The second-order valence-electron chi connectivity index (χ2n) is 5.43. The molecule has 1 aliphatic rings. The van der Waals surface area contributed by atoms with E-state index >= 15 is 0 Å². The molecule has 7 heteroatoms. The van der Waals surface area contributed by atoms with Crippen molar-refractivity contribution >= 4 is 22.8 Å². The van der Waals surface area contributed by atoms with Gasteiger partial charge in [-0.05, 0) is 26.0 Å². The summed E-state index contributed by atoms with van der Waals surface area (Å²) in [5.74, 6) is -0.0211. The number of carbonyl (C=O) groups excluding carboxylic acids is 2. The first-order valence-corrected chi connectivity index (χ1v) is 6.50.